The molecule has 0 saturated heterocycles. The van der Waals surface area contributed by atoms with Crippen molar-refractivity contribution in [3.63, 3.8) is 0 Å². The molecule has 0 bridgehead atoms. The summed E-state index contributed by atoms with van der Waals surface area (Å²) in [5.74, 6) is 0. The minimum absolute atomic E-state index is 0.538. The molecule has 1 aliphatic heterocycles. The molecule has 0 aromatic heterocycles. The molecule has 2 rings (SSSR count). The normalized spacial score (nSPS) is 23.1. The van der Waals surface area contributed by atoms with Gasteiger partial charge in [0.15, 0.2) is 0 Å². The summed E-state index contributed by atoms with van der Waals surface area (Å²) in [6, 6.07) is 0. The van der Waals surface area contributed by atoms with E-state index in [4.69, 9.17) is 0 Å². The number of hydrogen-bond donors (Lipinski definition) is 1. The Hall–Kier alpha value is -0.720. The molecule has 0 atom stereocenters. The van der Waals surface area contributed by atoms with Crippen LogP contribution in [-0.2, 0) is 0 Å². The van der Waals surface area contributed by atoms with Crippen molar-refractivity contribution in [2.75, 3.05) is 6.54 Å². The zero-order valence-corrected chi connectivity index (χ0v) is 9.98. The second kappa shape index (κ2) is 4.68. The van der Waals surface area contributed by atoms with Gasteiger partial charge in [-0.25, -0.2) is 0 Å². The van der Waals surface area contributed by atoms with Crippen LogP contribution < -0.4 is 5.32 Å². The molecule has 1 spiro atoms. The number of nitrogens with one attached hydrogen (secondary N) is 1. The van der Waals surface area contributed by atoms with Crippen LogP contribution in [-0.4, -0.2) is 6.54 Å². The van der Waals surface area contributed by atoms with Crippen molar-refractivity contribution in [2.45, 2.75) is 47.0 Å². The van der Waals surface area contributed by atoms with E-state index in [-0.39, 0.29) is 0 Å². The third kappa shape index (κ3) is 1.73. The Balaban J connectivity index is 0.000000461. The molecule has 14 heavy (non-hydrogen) atoms. The molecule has 1 heteroatoms. The summed E-state index contributed by atoms with van der Waals surface area (Å²) in [4.78, 5) is 0. The van der Waals surface area contributed by atoms with Crippen LogP contribution in [0.15, 0.2) is 23.4 Å². The van der Waals surface area contributed by atoms with Crippen LogP contribution in [0.25, 0.3) is 0 Å². The number of rotatable bonds is 1. The van der Waals surface area contributed by atoms with Gasteiger partial charge in [0, 0.05) is 17.7 Å². The summed E-state index contributed by atoms with van der Waals surface area (Å²) >= 11 is 0. The Morgan fingerprint density at radius 1 is 1.29 bits per heavy atom. The van der Waals surface area contributed by atoms with Gasteiger partial charge >= 0.3 is 0 Å². The van der Waals surface area contributed by atoms with Crippen molar-refractivity contribution in [2.24, 2.45) is 5.41 Å². The van der Waals surface area contributed by atoms with Crippen LogP contribution in [0.1, 0.15) is 47.0 Å². The molecule has 1 aliphatic carbocycles. The molecule has 2 aliphatic rings. The highest BCUT2D eigenvalue weighted by Gasteiger charge is 2.43. The fourth-order valence-corrected chi connectivity index (χ4v) is 2.41. The molecule has 1 N–H and O–H groups in total. The van der Waals surface area contributed by atoms with Crippen molar-refractivity contribution >= 4 is 0 Å². The second-order valence-corrected chi connectivity index (χ2v) is 4.03. The zero-order chi connectivity index (χ0) is 10.6. The first-order valence-corrected chi connectivity index (χ1v) is 5.86. The van der Waals surface area contributed by atoms with E-state index in [1.807, 2.05) is 13.8 Å². The van der Waals surface area contributed by atoms with Gasteiger partial charge in [0.25, 0.3) is 0 Å². The van der Waals surface area contributed by atoms with Crippen molar-refractivity contribution in [1.29, 1.82) is 0 Å². The quantitative estimate of drug-likeness (QED) is 0.670. The van der Waals surface area contributed by atoms with Gasteiger partial charge in [-0.2, -0.15) is 0 Å². The van der Waals surface area contributed by atoms with Crippen molar-refractivity contribution in [3.8, 4) is 0 Å². The molecule has 0 radical (unpaired) electrons. The summed E-state index contributed by atoms with van der Waals surface area (Å²) < 4.78 is 0. The monoisotopic (exact) mass is 193 g/mol. The van der Waals surface area contributed by atoms with Gasteiger partial charge in [-0.05, 0) is 32.3 Å². The number of allylic oxidation sites excluding steroid dienone is 3. The molecule has 0 amide bonds. The van der Waals surface area contributed by atoms with E-state index in [1.54, 1.807) is 5.57 Å². The third-order valence-corrected chi connectivity index (χ3v) is 3.31. The molecule has 0 aromatic rings. The Morgan fingerprint density at radius 2 is 1.93 bits per heavy atom. The highest BCUT2D eigenvalue weighted by Crippen LogP contribution is 2.50. The van der Waals surface area contributed by atoms with E-state index in [2.05, 4.69) is 31.3 Å². The largest absolute Gasteiger partial charge is 0.387 e. The van der Waals surface area contributed by atoms with E-state index in [1.165, 1.54) is 31.5 Å². The Bertz CT molecular complexity index is 244. The summed E-state index contributed by atoms with van der Waals surface area (Å²) in [5.41, 5.74) is 3.50. The second-order valence-electron chi connectivity index (χ2n) is 4.03. The van der Waals surface area contributed by atoms with Gasteiger partial charge < -0.3 is 5.32 Å². The fourth-order valence-electron chi connectivity index (χ4n) is 2.41. The topological polar surface area (TPSA) is 12.0 Å². The minimum atomic E-state index is 0.538. The number of hydrogen-bond acceptors (Lipinski definition) is 1. The predicted octanol–water partition coefficient (Wildman–Crippen LogP) is 3.64. The van der Waals surface area contributed by atoms with Gasteiger partial charge in [0.05, 0.1) is 0 Å². The smallest absolute Gasteiger partial charge is 0.0241 e. The maximum Gasteiger partial charge on any atom is 0.0241 e. The lowest BCUT2D eigenvalue weighted by molar-refractivity contribution is 0.207. The summed E-state index contributed by atoms with van der Waals surface area (Å²) in [5, 5.41) is 3.48. The summed E-state index contributed by atoms with van der Waals surface area (Å²) in [7, 11) is 0. The lowest BCUT2D eigenvalue weighted by atomic mass is 9.65. The lowest BCUT2D eigenvalue weighted by Crippen LogP contribution is -2.34. The first-order valence-electron chi connectivity index (χ1n) is 5.86. The van der Waals surface area contributed by atoms with Crippen molar-refractivity contribution in [1.82, 2.24) is 5.32 Å². The summed E-state index contributed by atoms with van der Waals surface area (Å²) in [6.07, 6.45) is 8.63. The average Bonchev–Trinajstić information content (AvgIpc) is 2.48. The molecular formula is C13H23N. The fraction of sp³-hybridized carbons (Fsp3) is 0.692. The Kier molecular flexibility index (Phi) is 3.79. The predicted molar refractivity (Wildman–Crippen MR) is 63.1 cm³/mol. The molecule has 1 nitrogen and oxygen atoms in total. The first kappa shape index (κ1) is 11.4. The molecule has 0 unspecified atom stereocenters. The highest BCUT2D eigenvalue weighted by atomic mass is 14.9. The minimum Gasteiger partial charge on any atom is -0.387 e. The van der Waals surface area contributed by atoms with Gasteiger partial charge in [-0.1, -0.05) is 32.4 Å². The molecule has 80 valence electrons. The van der Waals surface area contributed by atoms with Crippen molar-refractivity contribution < 1.29 is 0 Å². The maximum absolute atomic E-state index is 3.48. The molecule has 1 saturated carbocycles. The zero-order valence-electron chi connectivity index (χ0n) is 9.98. The van der Waals surface area contributed by atoms with Crippen molar-refractivity contribution in [3.05, 3.63) is 23.4 Å². The Labute approximate surface area is 88.3 Å². The van der Waals surface area contributed by atoms with E-state index in [0.717, 1.165) is 0 Å². The van der Waals surface area contributed by atoms with Gasteiger partial charge in [0.1, 0.15) is 0 Å². The summed E-state index contributed by atoms with van der Waals surface area (Å²) in [6.45, 7) is 9.48. The first-order chi connectivity index (χ1) is 6.78. The van der Waals surface area contributed by atoms with Crippen LogP contribution in [0.4, 0.5) is 0 Å². The van der Waals surface area contributed by atoms with Crippen LogP contribution in [0, 0.1) is 5.41 Å². The third-order valence-electron chi connectivity index (χ3n) is 3.31. The van der Waals surface area contributed by atoms with Crippen LogP contribution in [0.3, 0.4) is 0 Å². The molecule has 0 aromatic carbocycles. The average molecular weight is 193 g/mol. The van der Waals surface area contributed by atoms with Gasteiger partial charge in [0.2, 0.25) is 0 Å². The van der Waals surface area contributed by atoms with Crippen LogP contribution in [0.5, 0.6) is 0 Å². The SMILES string of the molecule is C/C=C\C1=C(C)NCC12CCC2.CC. The molecule has 1 fully saturated rings. The van der Waals surface area contributed by atoms with E-state index in [9.17, 15) is 0 Å². The van der Waals surface area contributed by atoms with Gasteiger partial charge in [-0.3, -0.25) is 0 Å². The van der Waals surface area contributed by atoms with Crippen LogP contribution in [0.2, 0.25) is 0 Å². The maximum atomic E-state index is 3.48. The molecule has 1 heterocycles. The van der Waals surface area contributed by atoms with Gasteiger partial charge in [-0.15, -0.1) is 0 Å². The lowest BCUT2D eigenvalue weighted by Gasteiger charge is -2.39. The molecular weight excluding hydrogens is 170 g/mol. The van der Waals surface area contributed by atoms with E-state index >= 15 is 0 Å². The highest BCUT2D eigenvalue weighted by molar-refractivity contribution is 5.37. The Morgan fingerprint density at radius 3 is 2.36 bits per heavy atom. The standard InChI is InChI=1S/C11H17N.C2H6/c1-3-5-10-9(2)12-8-11(10)6-4-7-11;1-2/h3,5,12H,4,6-8H2,1-2H3;1-2H3/b5-3-;. The van der Waals surface area contributed by atoms with E-state index in [0.29, 0.717) is 5.41 Å². The van der Waals surface area contributed by atoms with E-state index < -0.39 is 0 Å². The van der Waals surface area contributed by atoms with Crippen LogP contribution >= 0.6 is 0 Å².